The van der Waals surface area contributed by atoms with Crippen LogP contribution < -0.4 is 5.32 Å². The fourth-order valence-electron chi connectivity index (χ4n) is 9.35. The van der Waals surface area contributed by atoms with Crippen LogP contribution in [-0.4, -0.2) is 99.6 Å². The standard InChI is InChI=1S/C59H111NO10/c1-4-7-10-13-16-19-22-24-25-26-27-29-32-35-38-41-44-47-54(64)70-57-56(66)55(65)53(48-61)69-59(57)68-49-50(51(62)45-42-39-36-33-30-21-18-15-12-9-6-3)60-58(67)52(63)46-43-40-37-34-31-28-23-20-17-14-11-8-5-2/h24-25,42,45,50-53,55-57,59,61-63,65-66H,4-23,26-41,43-44,46-49H2,1-3H3,(H,60,67)/b25-24+,45-42+. The number of carbonyl (C=O) groups excluding carboxylic acids is 2. The van der Waals surface area contributed by atoms with E-state index in [1.54, 1.807) is 6.08 Å². The van der Waals surface area contributed by atoms with E-state index in [0.29, 0.717) is 19.3 Å². The molecule has 0 spiro atoms. The van der Waals surface area contributed by atoms with Crippen molar-refractivity contribution in [3.05, 3.63) is 24.3 Å². The van der Waals surface area contributed by atoms with Crippen molar-refractivity contribution in [1.82, 2.24) is 5.32 Å². The molecule has 1 fully saturated rings. The minimum Gasteiger partial charge on any atom is -0.454 e. The minimum absolute atomic E-state index is 0.122. The Bertz CT molecular complexity index is 1230. The van der Waals surface area contributed by atoms with E-state index in [1.807, 2.05) is 6.08 Å². The number of rotatable bonds is 50. The minimum atomic E-state index is -1.61. The third kappa shape index (κ3) is 36.1. The van der Waals surface area contributed by atoms with Gasteiger partial charge >= 0.3 is 5.97 Å². The fourth-order valence-corrected chi connectivity index (χ4v) is 9.35. The summed E-state index contributed by atoms with van der Waals surface area (Å²) in [6.07, 6.45) is 43.6. The summed E-state index contributed by atoms with van der Waals surface area (Å²) in [5, 5.41) is 56.8. The lowest BCUT2D eigenvalue weighted by Gasteiger charge is -2.41. The van der Waals surface area contributed by atoms with E-state index in [-0.39, 0.29) is 13.0 Å². The molecule has 8 atom stereocenters. The predicted octanol–water partition coefficient (Wildman–Crippen LogP) is 13.3. The van der Waals surface area contributed by atoms with Gasteiger partial charge in [0.15, 0.2) is 12.4 Å². The van der Waals surface area contributed by atoms with Crippen molar-refractivity contribution in [1.29, 1.82) is 0 Å². The van der Waals surface area contributed by atoms with Crippen molar-refractivity contribution >= 4 is 11.9 Å². The molecule has 70 heavy (non-hydrogen) atoms. The third-order valence-electron chi connectivity index (χ3n) is 14.1. The van der Waals surface area contributed by atoms with Gasteiger partial charge in [0.2, 0.25) is 5.91 Å². The van der Waals surface area contributed by atoms with Crippen LogP contribution in [0.15, 0.2) is 24.3 Å². The highest BCUT2D eigenvalue weighted by Crippen LogP contribution is 2.26. The molecule has 1 rings (SSSR count). The zero-order chi connectivity index (χ0) is 51.1. The highest BCUT2D eigenvalue weighted by Gasteiger charge is 2.47. The van der Waals surface area contributed by atoms with Gasteiger partial charge in [0.05, 0.1) is 25.4 Å². The quantitative estimate of drug-likeness (QED) is 0.0195. The maximum Gasteiger partial charge on any atom is 0.306 e. The highest BCUT2D eigenvalue weighted by atomic mass is 16.7. The molecule has 0 saturated carbocycles. The van der Waals surface area contributed by atoms with Crippen molar-refractivity contribution in [2.45, 2.75) is 327 Å². The summed E-state index contributed by atoms with van der Waals surface area (Å²) in [6, 6.07) is -1.02. The van der Waals surface area contributed by atoms with Gasteiger partial charge < -0.3 is 45.1 Å². The Morgan fingerprint density at radius 3 is 1.39 bits per heavy atom. The van der Waals surface area contributed by atoms with E-state index in [9.17, 15) is 35.1 Å². The number of amides is 1. The van der Waals surface area contributed by atoms with Crippen LogP contribution >= 0.6 is 0 Å². The molecule has 0 aromatic heterocycles. The first kappa shape index (κ1) is 66.2. The number of hydrogen-bond donors (Lipinski definition) is 6. The molecule has 11 nitrogen and oxygen atoms in total. The molecule has 1 heterocycles. The van der Waals surface area contributed by atoms with Gasteiger partial charge in [0.25, 0.3) is 0 Å². The smallest absolute Gasteiger partial charge is 0.306 e. The second kappa shape index (κ2) is 48.1. The number of allylic oxidation sites excluding steroid dienone is 3. The van der Waals surface area contributed by atoms with Gasteiger partial charge in [-0.15, -0.1) is 0 Å². The van der Waals surface area contributed by atoms with E-state index in [2.05, 4.69) is 38.2 Å². The van der Waals surface area contributed by atoms with Gasteiger partial charge in [-0.05, 0) is 51.4 Å². The molecule has 6 N–H and O–H groups in total. The third-order valence-corrected chi connectivity index (χ3v) is 14.1. The first-order valence-electron chi connectivity index (χ1n) is 29.6. The number of hydrogen-bond acceptors (Lipinski definition) is 10. The Labute approximate surface area is 429 Å². The number of ether oxygens (including phenoxy) is 3. The molecular weight excluding hydrogens is 883 g/mol. The molecule has 412 valence electrons. The zero-order valence-electron chi connectivity index (χ0n) is 45.4. The normalized spacial score (nSPS) is 19.8. The maximum atomic E-state index is 13.4. The molecule has 0 aromatic carbocycles. The molecule has 1 amide bonds. The van der Waals surface area contributed by atoms with Crippen LogP contribution in [0.4, 0.5) is 0 Å². The molecule has 0 radical (unpaired) electrons. The summed E-state index contributed by atoms with van der Waals surface area (Å²) < 4.78 is 17.6. The van der Waals surface area contributed by atoms with Gasteiger partial charge in [-0.25, -0.2) is 0 Å². The summed E-state index contributed by atoms with van der Waals surface area (Å²) in [5.41, 5.74) is 0. The van der Waals surface area contributed by atoms with Crippen molar-refractivity contribution in [2.24, 2.45) is 0 Å². The molecule has 11 heteroatoms. The van der Waals surface area contributed by atoms with E-state index in [0.717, 1.165) is 70.6 Å². The van der Waals surface area contributed by atoms with Gasteiger partial charge in [0.1, 0.15) is 24.4 Å². The average Bonchev–Trinajstić information content (AvgIpc) is 3.36. The Morgan fingerprint density at radius 2 is 0.943 bits per heavy atom. The van der Waals surface area contributed by atoms with E-state index < -0.39 is 67.4 Å². The number of esters is 1. The number of unbranched alkanes of at least 4 members (excludes halogenated alkanes) is 34. The summed E-state index contributed by atoms with van der Waals surface area (Å²) in [5.74, 6) is -1.19. The van der Waals surface area contributed by atoms with E-state index in [4.69, 9.17) is 14.2 Å². The Kier molecular flexibility index (Phi) is 45.5. The maximum absolute atomic E-state index is 13.4. The molecular formula is C59H111NO10. The highest BCUT2D eigenvalue weighted by molar-refractivity contribution is 5.80. The van der Waals surface area contributed by atoms with Gasteiger partial charge in [-0.3, -0.25) is 9.59 Å². The average molecular weight is 995 g/mol. The second-order valence-corrected chi connectivity index (χ2v) is 20.7. The molecule has 0 aliphatic carbocycles. The van der Waals surface area contributed by atoms with Crippen LogP contribution in [0.2, 0.25) is 0 Å². The molecule has 1 aliphatic rings. The topological polar surface area (TPSA) is 175 Å². The molecule has 8 unspecified atom stereocenters. The van der Waals surface area contributed by atoms with Crippen molar-refractivity contribution in [3.8, 4) is 0 Å². The van der Waals surface area contributed by atoms with Gasteiger partial charge in [0, 0.05) is 6.42 Å². The Hall–Kier alpha value is -1.86. The summed E-state index contributed by atoms with van der Waals surface area (Å²) in [7, 11) is 0. The SMILES string of the molecule is CCCCCCCC/C=C/CCCCCCCCCC(=O)OC1C(OCC(NC(=O)C(O)CCCCCCCCCCCCCCC)C(O)/C=C/CCCCCCCCCCC)OC(CO)C(O)C1O. The zero-order valence-corrected chi connectivity index (χ0v) is 45.4. The lowest BCUT2D eigenvalue weighted by Crippen LogP contribution is -2.61. The van der Waals surface area contributed by atoms with E-state index in [1.165, 1.54) is 161 Å². The van der Waals surface area contributed by atoms with Crippen LogP contribution in [0.1, 0.15) is 278 Å². The van der Waals surface area contributed by atoms with Crippen LogP contribution in [0.3, 0.4) is 0 Å². The van der Waals surface area contributed by atoms with Crippen molar-refractivity contribution < 1.29 is 49.3 Å². The summed E-state index contributed by atoms with van der Waals surface area (Å²) >= 11 is 0. The summed E-state index contributed by atoms with van der Waals surface area (Å²) in [6.45, 7) is 5.78. The van der Waals surface area contributed by atoms with Crippen molar-refractivity contribution in [2.75, 3.05) is 13.2 Å². The van der Waals surface area contributed by atoms with Crippen LogP contribution in [0.25, 0.3) is 0 Å². The molecule has 1 aliphatic heterocycles. The first-order chi connectivity index (χ1) is 34.2. The molecule has 0 bridgehead atoms. The second-order valence-electron chi connectivity index (χ2n) is 20.7. The number of nitrogens with one attached hydrogen (secondary N) is 1. The molecule has 0 aromatic rings. The monoisotopic (exact) mass is 994 g/mol. The lowest BCUT2D eigenvalue weighted by molar-refractivity contribution is -0.305. The van der Waals surface area contributed by atoms with Crippen molar-refractivity contribution in [3.63, 3.8) is 0 Å². The largest absolute Gasteiger partial charge is 0.454 e. The lowest BCUT2D eigenvalue weighted by atomic mass is 9.99. The van der Waals surface area contributed by atoms with Crippen LogP contribution in [0.5, 0.6) is 0 Å². The predicted molar refractivity (Wildman–Crippen MR) is 288 cm³/mol. The number of aliphatic hydroxyl groups excluding tert-OH is 5. The summed E-state index contributed by atoms with van der Waals surface area (Å²) in [4.78, 5) is 26.4. The number of carbonyl (C=O) groups is 2. The Balaban J connectivity index is 2.69. The van der Waals surface area contributed by atoms with Crippen LogP contribution in [0, 0.1) is 0 Å². The Morgan fingerprint density at radius 1 is 0.543 bits per heavy atom. The van der Waals surface area contributed by atoms with Gasteiger partial charge in [-0.1, -0.05) is 244 Å². The van der Waals surface area contributed by atoms with Gasteiger partial charge in [-0.2, -0.15) is 0 Å². The van der Waals surface area contributed by atoms with E-state index >= 15 is 0 Å². The number of aliphatic hydroxyl groups is 5. The molecule has 1 saturated heterocycles. The van der Waals surface area contributed by atoms with Crippen LogP contribution in [-0.2, 0) is 23.8 Å². The first-order valence-corrected chi connectivity index (χ1v) is 29.6. The fraction of sp³-hybridized carbons (Fsp3) is 0.898.